The second kappa shape index (κ2) is 13.0. The number of carbonyl (C=O) groups is 1. The maximum atomic E-state index is 13.6. The highest BCUT2D eigenvalue weighted by molar-refractivity contribution is 9.09. The van der Waals surface area contributed by atoms with Gasteiger partial charge in [0.2, 0.25) is 5.88 Å². The summed E-state index contributed by atoms with van der Waals surface area (Å²) in [6.45, 7) is 25.7. The quantitative estimate of drug-likeness (QED) is 0.177. The lowest BCUT2D eigenvalue weighted by Crippen LogP contribution is -2.55. The van der Waals surface area contributed by atoms with E-state index < -0.39 is 54.1 Å². The first-order chi connectivity index (χ1) is 20.0. The molecule has 0 fully saturated rings. The van der Waals surface area contributed by atoms with E-state index in [4.69, 9.17) is 18.3 Å². The third-order valence-electron chi connectivity index (χ3n) is 9.10. The van der Waals surface area contributed by atoms with Crippen LogP contribution in [0.15, 0.2) is 51.7 Å². The molecule has 13 heteroatoms. The van der Waals surface area contributed by atoms with Crippen molar-refractivity contribution in [2.45, 2.75) is 103 Å². The normalized spacial score (nSPS) is 18.4. The van der Waals surface area contributed by atoms with Crippen LogP contribution in [0.1, 0.15) is 51.9 Å². The molecule has 0 unspecified atom stereocenters. The Kier molecular flexibility index (Phi) is 10.8. The minimum atomic E-state index is -2.50. The van der Waals surface area contributed by atoms with Crippen molar-refractivity contribution in [3.63, 3.8) is 0 Å². The summed E-state index contributed by atoms with van der Waals surface area (Å²) in [5.74, 6) is -0.464. The minimum absolute atomic E-state index is 0.0413. The van der Waals surface area contributed by atoms with Crippen molar-refractivity contribution in [3.05, 3.63) is 68.6 Å². The van der Waals surface area contributed by atoms with Gasteiger partial charge < -0.3 is 18.3 Å². The number of esters is 1. The van der Waals surface area contributed by atoms with Crippen LogP contribution in [0.25, 0.3) is 5.88 Å². The predicted octanol–water partition coefficient (Wildman–Crippen LogP) is 6.18. The molecule has 1 aliphatic heterocycles. The van der Waals surface area contributed by atoms with Crippen LogP contribution >= 0.6 is 15.9 Å². The third kappa shape index (κ3) is 7.84. The van der Waals surface area contributed by atoms with Gasteiger partial charge in [-0.25, -0.2) is 14.2 Å². The van der Waals surface area contributed by atoms with Crippen LogP contribution < -0.4 is 16.6 Å². The number of nitrogens with one attached hydrogen (secondary N) is 1. The Morgan fingerprint density at radius 3 is 2.05 bits per heavy atom. The number of hydrogen-bond acceptors (Lipinski definition) is 7. The van der Waals surface area contributed by atoms with Gasteiger partial charge in [0, 0.05) is 16.3 Å². The molecule has 2 heterocycles. The van der Waals surface area contributed by atoms with Gasteiger partial charge in [0.15, 0.2) is 28.5 Å². The standard InChI is InChI=1S/C31H49BrN2O7Si3/c1-30(2,3)43(9,10)38-19-22-25(41-44(11,12)31(4,5)6)26(40-28(36)21-16-14-13-15-17-21)27(39-22)34-24(42(7,8)20-32)18-23(35)33-29(34)37/h13-18,22,25H,19-20H2,1-12H3,(H,33,35,37)/t22-,25-/m1/s1. The molecule has 1 aliphatic rings. The van der Waals surface area contributed by atoms with E-state index in [2.05, 4.69) is 88.6 Å². The lowest BCUT2D eigenvalue weighted by Gasteiger charge is -2.40. The fraction of sp³-hybridized carbons (Fsp3) is 0.581. The first-order valence-corrected chi connectivity index (χ1v) is 25.1. The fourth-order valence-corrected chi connectivity index (χ4v) is 8.66. The van der Waals surface area contributed by atoms with E-state index in [9.17, 15) is 14.4 Å². The van der Waals surface area contributed by atoms with Crippen LogP contribution in [0, 0.1) is 0 Å². The monoisotopic (exact) mass is 724 g/mol. The molecule has 0 radical (unpaired) electrons. The number of aromatic nitrogens is 2. The highest BCUT2D eigenvalue weighted by Gasteiger charge is 2.50. The van der Waals surface area contributed by atoms with Gasteiger partial charge in [-0.3, -0.25) is 9.78 Å². The Balaban J connectivity index is 2.31. The van der Waals surface area contributed by atoms with Crippen LogP contribution in [-0.4, -0.2) is 64.0 Å². The molecule has 0 bridgehead atoms. The maximum Gasteiger partial charge on any atom is 0.343 e. The van der Waals surface area contributed by atoms with Crippen molar-refractivity contribution in [2.24, 2.45) is 0 Å². The molecular weight excluding hydrogens is 677 g/mol. The predicted molar refractivity (Wildman–Crippen MR) is 187 cm³/mol. The van der Waals surface area contributed by atoms with Crippen molar-refractivity contribution < 1.29 is 23.1 Å². The molecule has 9 nitrogen and oxygen atoms in total. The molecular formula is C31H49BrN2O7Si3. The molecule has 2 aromatic rings. The number of nitrogens with zero attached hydrogens (tertiary/aromatic N) is 1. The van der Waals surface area contributed by atoms with Crippen LogP contribution in [0.4, 0.5) is 0 Å². The number of ether oxygens (including phenoxy) is 2. The summed E-state index contributed by atoms with van der Waals surface area (Å²) >= 11 is 3.59. The molecule has 44 heavy (non-hydrogen) atoms. The van der Waals surface area contributed by atoms with Gasteiger partial charge in [-0.15, -0.1) is 0 Å². The van der Waals surface area contributed by atoms with Gasteiger partial charge >= 0.3 is 11.7 Å². The van der Waals surface area contributed by atoms with E-state index in [1.54, 1.807) is 24.3 Å². The summed E-state index contributed by atoms with van der Waals surface area (Å²) < 4.78 is 27.8. The molecule has 0 amide bonds. The van der Waals surface area contributed by atoms with Gasteiger partial charge in [-0.2, -0.15) is 0 Å². The molecule has 3 rings (SSSR count). The summed E-state index contributed by atoms with van der Waals surface area (Å²) in [6.07, 6.45) is -1.56. The van der Waals surface area contributed by atoms with Gasteiger partial charge in [-0.1, -0.05) is 88.8 Å². The van der Waals surface area contributed by atoms with E-state index in [-0.39, 0.29) is 28.3 Å². The SMILES string of the molecule is CC(C)(C)[Si](C)(C)OC[C@H]1OC(n2c([Si](C)(C)CBr)cc(=O)[nH]c2=O)=C(OC(=O)c2ccccc2)[C@@H]1O[Si](C)(C)C(C)(C)C. The Morgan fingerprint density at radius 1 is 0.955 bits per heavy atom. The zero-order valence-electron chi connectivity index (χ0n) is 28.2. The molecule has 0 aliphatic carbocycles. The average molecular weight is 726 g/mol. The number of H-pyrrole nitrogens is 1. The van der Waals surface area contributed by atoms with Crippen molar-refractivity contribution in [3.8, 4) is 0 Å². The van der Waals surface area contributed by atoms with Crippen LogP contribution in [0.3, 0.4) is 0 Å². The number of aromatic amines is 1. The van der Waals surface area contributed by atoms with Gasteiger partial charge in [0.05, 0.1) is 12.2 Å². The van der Waals surface area contributed by atoms with Crippen molar-refractivity contribution in [1.82, 2.24) is 9.55 Å². The Morgan fingerprint density at radius 2 is 1.52 bits per heavy atom. The lowest BCUT2D eigenvalue weighted by molar-refractivity contribution is 0.0155. The van der Waals surface area contributed by atoms with Gasteiger partial charge in [0.1, 0.15) is 14.2 Å². The first kappa shape index (κ1) is 36.4. The van der Waals surface area contributed by atoms with Gasteiger partial charge in [0.25, 0.3) is 5.56 Å². The topological polar surface area (TPSA) is 109 Å². The van der Waals surface area contributed by atoms with Crippen molar-refractivity contribution in [1.29, 1.82) is 0 Å². The fourth-order valence-electron chi connectivity index (χ4n) is 4.07. The zero-order chi connectivity index (χ0) is 33.5. The molecule has 0 saturated heterocycles. The number of halogens is 1. The Bertz CT molecular complexity index is 1500. The second-order valence-electron chi connectivity index (χ2n) is 15.1. The number of hydrogen-bond donors (Lipinski definition) is 1. The Hall–Kier alpha value is -2.04. The molecule has 244 valence electrons. The van der Waals surface area contributed by atoms with Crippen LogP contribution in [0.2, 0.25) is 49.4 Å². The Labute approximate surface area is 272 Å². The summed E-state index contributed by atoms with van der Waals surface area (Å²) in [4.78, 5) is 42.8. The van der Waals surface area contributed by atoms with E-state index >= 15 is 0 Å². The summed E-state index contributed by atoms with van der Waals surface area (Å²) in [6, 6.07) is 10.1. The smallest absolute Gasteiger partial charge is 0.343 e. The number of carbonyl (C=O) groups excluding carboxylic acids is 1. The molecule has 0 saturated carbocycles. The summed E-state index contributed by atoms with van der Waals surface area (Å²) in [5.41, 5.74) is -0.832. The van der Waals surface area contributed by atoms with E-state index in [1.807, 2.05) is 19.2 Å². The van der Waals surface area contributed by atoms with Crippen LogP contribution in [0.5, 0.6) is 0 Å². The largest absolute Gasteiger partial charge is 0.467 e. The van der Waals surface area contributed by atoms with Crippen molar-refractivity contribution in [2.75, 3.05) is 11.6 Å². The van der Waals surface area contributed by atoms with E-state index in [0.717, 1.165) is 0 Å². The molecule has 1 aromatic heterocycles. The number of alkyl halides is 1. The highest BCUT2D eigenvalue weighted by Crippen LogP contribution is 2.43. The molecule has 1 aromatic carbocycles. The molecule has 1 N–H and O–H groups in total. The average Bonchev–Trinajstić information content (AvgIpc) is 3.21. The summed E-state index contributed by atoms with van der Waals surface area (Å²) in [7, 11) is -7.14. The molecule has 0 spiro atoms. The van der Waals surface area contributed by atoms with E-state index in [1.165, 1.54) is 10.6 Å². The summed E-state index contributed by atoms with van der Waals surface area (Å²) in [5, 5.41) is 0.290. The van der Waals surface area contributed by atoms with E-state index in [0.29, 0.717) is 15.8 Å². The third-order valence-corrected chi connectivity index (χ3v) is 24.7. The number of benzene rings is 1. The van der Waals surface area contributed by atoms with Gasteiger partial charge in [-0.05, 0) is 48.4 Å². The molecule has 2 atom stereocenters. The second-order valence-corrected chi connectivity index (χ2v) is 30.9. The zero-order valence-corrected chi connectivity index (χ0v) is 32.8. The van der Waals surface area contributed by atoms with Crippen molar-refractivity contribution >= 4 is 57.8 Å². The minimum Gasteiger partial charge on any atom is -0.467 e. The maximum absolute atomic E-state index is 13.6. The van der Waals surface area contributed by atoms with Crippen LogP contribution in [-0.2, 0) is 18.3 Å². The first-order valence-electron chi connectivity index (χ1n) is 15.0. The lowest BCUT2D eigenvalue weighted by atomic mass is 10.2. The highest BCUT2D eigenvalue weighted by atomic mass is 79.9. The number of rotatable bonds is 10.